The van der Waals surface area contributed by atoms with E-state index in [1.54, 1.807) is 47.8 Å². The third-order valence-electron chi connectivity index (χ3n) is 3.54. The quantitative estimate of drug-likeness (QED) is 0.400. The van der Waals surface area contributed by atoms with Crippen LogP contribution in [0.15, 0.2) is 47.8 Å². The van der Waals surface area contributed by atoms with E-state index >= 15 is 0 Å². The third-order valence-corrected chi connectivity index (χ3v) is 5.82. The van der Waals surface area contributed by atoms with Crippen LogP contribution >= 0.6 is 57.1 Å². The first kappa shape index (κ1) is 19.2. The van der Waals surface area contributed by atoms with Crippen LogP contribution in [0.25, 0.3) is 10.4 Å². The number of halogens is 3. The number of amides is 1. The highest BCUT2D eigenvalue weighted by atomic mass is 127. The summed E-state index contributed by atoms with van der Waals surface area (Å²) >= 11 is 15.4. The zero-order valence-corrected chi connectivity index (χ0v) is 17.4. The average molecular weight is 518 g/mol. The van der Waals surface area contributed by atoms with Gasteiger partial charge in [-0.2, -0.15) is 0 Å². The highest BCUT2D eigenvalue weighted by molar-refractivity contribution is 14.1. The molecular weight excluding hydrogens is 508 g/mol. The summed E-state index contributed by atoms with van der Waals surface area (Å²) in [4.78, 5) is 24.7. The van der Waals surface area contributed by atoms with E-state index in [0.29, 0.717) is 26.0 Å². The number of carboxylic acid groups (broad SMARTS) is 1. The maximum atomic E-state index is 12.4. The first-order chi connectivity index (χ1) is 12.4. The van der Waals surface area contributed by atoms with E-state index in [4.69, 9.17) is 23.2 Å². The largest absolute Gasteiger partial charge is 0.478 e. The lowest BCUT2D eigenvalue weighted by Crippen LogP contribution is -2.14. The summed E-state index contributed by atoms with van der Waals surface area (Å²) in [5.74, 6) is -1.53. The van der Waals surface area contributed by atoms with Crippen LogP contribution in [0.3, 0.4) is 0 Å². The van der Waals surface area contributed by atoms with Crippen molar-refractivity contribution in [3.63, 3.8) is 0 Å². The van der Waals surface area contributed by atoms with E-state index in [1.165, 1.54) is 11.3 Å². The number of nitrogens with one attached hydrogen (secondary N) is 1. The van der Waals surface area contributed by atoms with Gasteiger partial charge >= 0.3 is 5.97 Å². The highest BCUT2D eigenvalue weighted by Gasteiger charge is 2.22. The molecule has 0 fully saturated rings. The number of hydrogen-bond donors (Lipinski definition) is 2. The lowest BCUT2D eigenvalue weighted by Gasteiger charge is -2.07. The number of carboxylic acids is 1. The van der Waals surface area contributed by atoms with Crippen molar-refractivity contribution in [1.82, 2.24) is 0 Å². The van der Waals surface area contributed by atoms with Crippen LogP contribution in [0, 0.1) is 3.57 Å². The summed E-state index contributed by atoms with van der Waals surface area (Å²) in [7, 11) is 0. The normalized spacial score (nSPS) is 10.6. The summed E-state index contributed by atoms with van der Waals surface area (Å²) in [5, 5.41) is 14.7. The van der Waals surface area contributed by atoms with Gasteiger partial charge in [-0.3, -0.25) is 4.79 Å². The molecule has 4 nitrogen and oxygen atoms in total. The van der Waals surface area contributed by atoms with E-state index in [-0.39, 0.29) is 17.2 Å². The van der Waals surface area contributed by atoms with Crippen LogP contribution in [-0.4, -0.2) is 17.0 Å². The van der Waals surface area contributed by atoms with Gasteiger partial charge in [0.1, 0.15) is 5.56 Å². The molecule has 1 amide bonds. The topological polar surface area (TPSA) is 66.4 Å². The molecule has 0 saturated carbocycles. The number of aromatic carboxylic acids is 1. The van der Waals surface area contributed by atoms with Gasteiger partial charge in [-0.25, -0.2) is 4.79 Å². The van der Waals surface area contributed by atoms with Gasteiger partial charge in [0.25, 0.3) is 5.91 Å². The smallest absolute Gasteiger partial charge is 0.339 e. The molecule has 0 atom stereocenters. The molecule has 0 bridgehead atoms. The number of hydrogen-bond acceptors (Lipinski definition) is 3. The summed E-state index contributed by atoms with van der Waals surface area (Å²) < 4.78 is 1.00. The van der Waals surface area contributed by atoms with Gasteiger partial charge in [-0.15, -0.1) is 11.3 Å². The Morgan fingerprint density at radius 2 is 1.77 bits per heavy atom. The fourth-order valence-corrected chi connectivity index (χ4v) is 4.28. The van der Waals surface area contributed by atoms with Crippen LogP contribution in [0.1, 0.15) is 20.7 Å². The number of rotatable bonds is 4. The minimum absolute atomic E-state index is 0.00177. The molecule has 8 heteroatoms. The van der Waals surface area contributed by atoms with Crippen molar-refractivity contribution in [2.45, 2.75) is 0 Å². The Labute approximate surface area is 176 Å². The van der Waals surface area contributed by atoms with Crippen molar-refractivity contribution in [2.75, 3.05) is 5.32 Å². The van der Waals surface area contributed by atoms with Gasteiger partial charge in [0.2, 0.25) is 0 Å². The van der Waals surface area contributed by atoms with Crippen molar-refractivity contribution in [3.05, 3.63) is 72.6 Å². The fourth-order valence-electron chi connectivity index (χ4n) is 2.33. The molecule has 0 aliphatic carbocycles. The number of thiophene rings is 1. The predicted octanol–water partition coefficient (Wildman–Crippen LogP) is 6.28. The van der Waals surface area contributed by atoms with Gasteiger partial charge in [0.05, 0.1) is 15.6 Å². The Hall–Kier alpha value is -1.61. The summed E-state index contributed by atoms with van der Waals surface area (Å²) in [6.45, 7) is 0. The molecule has 0 aliphatic heterocycles. The Balaban J connectivity index is 1.98. The third kappa shape index (κ3) is 4.03. The molecule has 0 saturated heterocycles. The van der Waals surface area contributed by atoms with E-state index in [1.807, 2.05) is 0 Å². The van der Waals surface area contributed by atoms with Crippen molar-refractivity contribution >= 4 is 74.7 Å². The maximum absolute atomic E-state index is 12.4. The van der Waals surface area contributed by atoms with Crippen LogP contribution in [0.2, 0.25) is 10.0 Å². The van der Waals surface area contributed by atoms with Crippen molar-refractivity contribution < 1.29 is 14.7 Å². The lowest BCUT2D eigenvalue weighted by molar-refractivity contribution is 0.0699. The van der Waals surface area contributed by atoms with Crippen molar-refractivity contribution in [1.29, 1.82) is 0 Å². The van der Waals surface area contributed by atoms with Crippen LogP contribution in [0.4, 0.5) is 5.69 Å². The molecule has 1 aromatic heterocycles. The summed E-state index contributed by atoms with van der Waals surface area (Å²) in [5.41, 5.74) is 1.22. The zero-order chi connectivity index (χ0) is 18.8. The number of anilines is 1. The van der Waals surface area contributed by atoms with Crippen LogP contribution in [-0.2, 0) is 0 Å². The Bertz CT molecular complexity index is 1000. The minimum atomic E-state index is -1.15. The molecule has 26 heavy (non-hydrogen) atoms. The van der Waals surface area contributed by atoms with E-state index in [0.717, 1.165) is 3.57 Å². The molecule has 132 valence electrons. The molecule has 0 spiro atoms. The predicted molar refractivity (Wildman–Crippen MR) is 114 cm³/mol. The first-order valence-corrected chi connectivity index (χ1v) is 9.95. The van der Waals surface area contributed by atoms with Gasteiger partial charge in [0.15, 0.2) is 0 Å². The lowest BCUT2D eigenvalue weighted by atomic mass is 10.1. The second kappa shape index (κ2) is 7.96. The first-order valence-electron chi connectivity index (χ1n) is 7.24. The van der Waals surface area contributed by atoms with Gasteiger partial charge in [0, 0.05) is 25.1 Å². The summed E-state index contributed by atoms with van der Waals surface area (Å²) in [6, 6.07) is 11.8. The van der Waals surface area contributed by atoms with Crippen molar-refractivity contribution in [3.8, 4) is 10.4 Å². The Morgan fingerprint density at radius 3 is 2.38 bits per heavy atom. The van der Waals surface area contributed by atoms with Crippen molar-refractivity contribution in [2.24, 2.45) is 0 Å². The van der Waals surface area contributed by atoms with Crippen LogP contribution < -0.4 is 5.32 Å². The Kier molecular flexibility index (Phi) is 5.86. The molecule has 1 heterocycles. The summed E-state index contributed by atoms with van der Waals surface area (Å²) in [6.07, 6.45) is 0. The minimum Gasteiger partial charge on any atom is -0.478 e. The molecule has 0 radical (unpaired) electrons. The van der Waals surface area contributed by atoms with E-state index in [2.05, 4.69) is 27.9 Å². The molecule has 0 aliphatic rings. The Morgan fingerprint density at radius 1 is 1.08 bits per heavy atom. The number of carbonyl (C=O) groups is 2. The SMILES string of the molecule is O=C(Nc1csc(-c2ccc(Cl)cc2Cl)c1C(=O)O)c1ccc(I)cc1. The number of benzene rings is 2. The van der Waals surface area contributed by atoms with Gasteiger partial charge < -0.3 is 10.4 Å². The second-order valence-corrected chi connectivity index (χ2v) is 8.21. The average Bonchev–Trinajstić information content (AvgIpc) is 2.99. The monoisotopic (exact) mass is 517 g/mol. The van der Waals surface area contributed by atoms with Crippen LogP contribution in [0.5, 0.6) is 0 Å². The zero-order valence-electron chi connectivity index (χ0n) is 12.9. The molecule has 3 aromatic rings. The molecule has 2 N–H and O–H groups in total. The highest BCUT2D eigenvalue weighted by Crippen LogP contribution is 2.40. The van der Waals surface area contributed by atoms with E-state index in [9.17, 15) is 14.7 Å². The molecule has 0 unspecified atom stereocenters. The molecule has 2 aromatic carbocycles. The van der Waals surface area contributed by atoms with Gasteiger partial charge in [-0.05, 0) is 59.0 Å². The molecule has 3 rings (SSSR count). The van der Waals surface area contributed by atoms with Gasteiger partial charge in [-0.1, -0.05) is 29.3 Å². The molecular formula is C18H10Cl2INO3S. The van der Waals surface area contributed by atoms with E-state index < -0.39 is 5.97 Å². The number of carbonyl (C=O) groups excluding carboxylic acids is 1. The standard InChI is InChI=1S/C18H10Cl2INO3S/c19-10-3-6-12(13(20)7-10)16-15(18(24)25)14(8-26-16)22-17(23)9-1-4-11(21)5-2-9/h1-8H,(H,22,23)(H,24,25). The second-order valence-electron chi connectivity index (χ2n) is 5.24. The fraction of sp³-hybridized carbons (Fsp3) is 0. The maximum Gasteiger partial charge on any atom is 0.339 e.